The van der Waals surface area contributed by atoms with Crippen LogP contribution < -0.4 is 0 Å². The smallest absolute Gasteiger partial charge is 0.435 e. The van der Waals surface area contributed by atoms with Gasteiger partial charge in [-0.3, -0.25) is 0 Å². The van der Waals surface area contributed by atoms with E-state index in [2.05, 4.69) is 15.2 Å². The van der Waals surface area contributed by atoms with Crippen molar-refractivity contribution < 1.29 is 23.1 Å². The van der Waals surface area contributed by atoms with Crippen LogP contribution in [0, 0.1) is 0 Å². The molecule has 0 amide bonds. The molecule has 0 spiro atoms. The SMILES string of the molecule is CC(C)c1nnc(Sc2nc(C(F)(F)F)c(C(=O)O)s2)s1. The quantitative estimate of drug-likeness (QED) is 0.894. The van der Waals surface area contributed by atoms with Crippen molar-refractivity contribution in [3.05, 3.63) is 15.6 Å². The van der Waals surface area contributed by atoms with Crippen LogP contribution in [0.1, 0.15) is 40.1 Å². The van der Waals surface area contributed by atoms with E-state index in [0.29, 0.717) is 15.7 Å². The molecule has 0 fully saturated rings. The number of aromatic nitrogens is 3. The first-order valence-electron chi connectivity index (χ1n) is 5.51. The lowest BCUT2D eigenvalue weighted by Crippen LogP contribution is -2.11. The molecule has 2 aromatic heterocycles. The van der Waals surface area contributed by atoms with Gasteiger partial charge in [0.2, 0.25) is 0 Å². The molecule has 0 atom stereocenters. The van der Waals surface area contributed by atoms with Gasteiger partial charge in [-0.25, -0.2) is 9.78 Å². The van der Waals surface area contributed by atoms with Gasteiger partial charge in [0, 0.05) is 5.92 Å². The highest BCUT2D eigenvalue weighted by atomic mass is 32.2. The fourth-order valence-corrected chi connectivity index (χ4v) is 4.32. The molecule has 11 heteroatoms. The molecule has 21 heavy (non-hydrogen) atoms. The summed E-state index contributed by atoms with van der Waals surface area (Å²) in [6, 6.07) is 0. The van der Waals surface area contributed by atoms with Crippen LogP contribution in [0.25, 0.3) is 0 Å². The van der Waals surface area contributed by atoms with Crippen LogP contribution in [0.4, 0.5) is 13.2 Å². The number of carboxylic acids is 1. The summed E-state index contributed by atoms with van der Waals surface area (Å²) in [6.45, 7) is 3.84. The van der Waals surface area contributed by atoms with Crippen molar-refractivity contribution in [3.8, 4) is 0 Å². The highest BCUT2D eigenvalue weighted by Gasteiger charge is 2.40. The summed E-state index contributed by atoms with van der Waals surface area (Å²) in [6.07, 6.45) is -4.80. The Hall–Kier alpha value is -1.20. The standard InChI is InChI=1S/C10H8F3N3O2S3/c1-3(2)6-15-16-9(20-6)21-8-14-5(10(11,12)13)4(19-8)7(17)18/h3H,1-2H3,(H,17,18). The maximum absolute atomic E-state index is 12.7. The zero-order valence-corrected chi connectivity index (χ0v) is 13.1. The lowest BCUT2D eigenvalue weighted by Gasteiger charge is -2.02. The molecule has 5 nitrogen and oxygen atoms in total. The summed E-state index contributed by atoms with van der Waals surface area (Å²) in [5.74, 6) is -1.49. The maximum Gasteiger partial charge on any atom is 0.435 e. The molecule has 2 rings (SSSR count). The number of thiazole rings is 1. The summed E-state index contributed by atoms with van der Waals surface area (Å²) in [5.41, 5.74) is -1.38. The zero-order chi connectivity index (χ0) is 15.8. The number of hydrogen-bond donors (Lipinski definition) is 1. The number of rotatable bonds is 4. The van der Waals surface area contributed by atoms with E-state index in [9.17, 15) is 18.0 Å². The van der Waals surface area contributed by atoms with Gasteiger partial charge in [-0.05, 0) is 11.8 Å². The van der Waals surface area contributed by atoms with Crippen LogP contribution in [0.3, 0.4) is 0 Å². The second-order valence-corrected chi connectivity index (χ2v) is 7.63. The third kappa shape index (κ3) is 3.71. The van der Waals surface area contributed by atoms with E-state index < -0.39 is 22.7 Å². The van der Waals surface area contributed by atoms with Crippen LogP contribution in [-0.2, 0) is 6.18 Å². The minimum Gasteiger partial charge on any atom is -0.477 e. The molecule has 0 radical (unpaired) electrons. The number of nitrogens with zero attached hydrogens (tertiary/aromatic N) is 3. The molecular formula is C10H8F3N3O2S3. The van der Waals surface area contributed by atoms with Crippen molar-refractivity contribution in [2.75, 3.05) is 0 Å². The van der Waals surface area contributed by atoms with Crippen LogP contribution in [0.15, 0.2) is 8.68 Å². The van der Waals surface area contributed by atoms with Gasteiger partial charge in [0.1, 0.15) is 9.88 Å². The maximum atomic E-state index is 12.7. The molecule has 0 bridgehead atoms. The van der Waals surface area contributed by atoms with Crippen molar-refractivity contribution in [2.45, 2.75) is 34.6 Å². The molecule has 0 aromatic carbocycles. The van der Waals surface area contributed by atoms with E-state index in [1.807, 2.05) is 13.8 Å². The van der Waals surface area contributed by atoms with Gasteiger partial charge < -0.3 is 5.11 Å². The third-order valence-electron chi connectivity index (χ3n) is 2.16. The van der Waals surface area contributed by atoms with E-state index >= 15 is 0 Å². The minimum absolute atomic E-state index is 0.0221. The summed E-state index contributed by atoms with van der Waals surface area (Å²) in [7, 11) is 0. The summed E-state index contributed by atoms with van der Waals surface area (Å²) < 4.78 is 38.6. The van der Waals surface area contributed by atoms with Crippen LogP contribution in [0.5, 0.6) is 0 Å². The van der Waals surface area contributed by atoms with E-state index in [-0.39, 0.29) is 10.3 Å². The molecule has 0 unspecified atom stereocenters. The molecule has 0 aliphatic rings. The lowest BCUT2D eigenvalue weighted by atomic mass is 10.2. The molecule has 2 heterocycles. The summed E-state index contributed by atoms with van der Waals surface area (Å²) in [4.78, 5) is 13.4. The van der Waals surface area contributed by atoms with Crippen LogP contribution in [-0.4, -0.2) is 26.3 Å². The van der Waals surface area contributed by atoms with E-state index in [1.54, 1.807) is 0 Å². The number of alkyl halides is 3. The van der Waals surface area contributed by atoms with Crippen molar-refractivity contribution >= 4 is 40.4 Å². The molecule has 0 aliphatic heterocycles. The number of halogens is 3. The van der Waals surface area contributed by atoms with Gasteiger partial charge in [0.25, 0.3) is 0 Å². The molecule has 1 N–H and O–H groups in total. The van der Waals surface area contributed by atoms with Gasteiger partial charge in [-0.2, -0.15) is 13.2 Å². The predicted octanol–water partition coefficient (Wildman–Crippen LogP) is 3.99. The minimum atomic E-state index is -4.80. The average molecular weight is 355 g/mol. The van der Waals surface area contributed by atoms with Gasteiger partial charge in [0.15, 0.2) is 14.4 Å². The highest BCUT2D eigenvalue weighted by Crippen LogP contribution is 2.40. The van der Waals surface area contributed by atoms with Crippen LogP contribution in [0.2, 0.25) is 0 Å². The second kappa shape index (κ2) is 5.89. The van der Waals surface area contributed by atoms with Crippen molar-refractivity contribution in [1.29, 1.82) is 0 Å². The molecule has 114 valence electrons. The Kier molecular flexibility index (Phi) is 4.54. The zero-order valence-electron chi connectivity index (χ0n) is 10.6. The number of hydrogen-bond acceptors (Lipinski definition) is 7. The first kappa shape index (κ1) is 16.2. The monoisotopic (exact) mass is 355 g/mol. The van der Waals surface area contributed by atoms with E-state index in [1.165, 1.54) is 11.3 Å². The third-order valence-corrected chi connectivity index (χ3v) is 5.54. The summed E-state index contributed by atoms with van der Waals surface area (Å²) >= 11 is 2.61. The predicted molar refractivity (Wildman–Crippen MR) is 72.2 cm³/mol. The van der Waals surface area contributed by atoms with Crippen molar-refractivity contribution in [1.82, 2.24) is 15.2 Å². The number of carbonyl (C=O) groups is 1. The Bertz CT molecular complexity index is 666. The largest absolute Gasteiger partial charge is 0.477 e. The second-order valence-electron chi connectivity index (χ2n) is 4.12. The molecule has 0 saturated carbocycles. The van der Waals surface area contributed by atoms with Gasteiger partial charge >= 0.3 is 12.1 Å². The molecular weight excluding hydrogens is 347 g/mol. The van der Waals surface area contributed by atoms with Crippen molar-refractivity contribution in [3.63, 3.8) is 0 Å². The summed E-state index contributed by atoms with van der Waals surface area (Å²) in [5, 5.41) is 17.3. The van der Waals surface area contributed by atoms with Gasteiger partial charge in [-0.1, -0.05) is 36.5 Å². The first-order chi connectivity index (χ1) is 9.68. The Labute approximate surface area is 129 Å². The van der Waals surface area contributed by atoms with Gasteiger partial charge in [-0.15, -0.1) is 10.2 Å². The van der Waals surface area contributed by atoms with E-state index in [0.717, 1.165) is 16.8 Å². The Morgan fingerprint density at radius 3 is 2.33 bits per heavy atom. The normalized spacial score (nSPS) is 12.1. The van der Waals surface area contributed by atoms with Crippen LogP contribution >= 0.6 is 34.4 Å². The first-order valence-corrected chi connectivity index (χ1v) is 7.96. The Balaban J connectivity index is 2.30. The molecule has 0 aliphatic carbocycles. The number of carboxylic acid groups (broad SMARTS) is 1. The lowest BCUT2D eigenvalue weighted by molar-refractivity contribution is -0.141. The molecule has 2 aromatic rings. The van der Waals surface area contributed by atoms with Crippen molar-refractivity contribution in [2.24, 2.45) is 0 Å². The van der Waals surface area contributed by atoms with Gasteiger partial charge in [0.05, 0.1) is 0 Å². The average Bonchev–Trinajstić information content (AvgIpc) is 2.95. The molecule has 0 saturated heterocycles. The fraction of sp³-hybridized carbons (Fsp3) is 0.400. The Morgan fingerprint density at radius 2 is 1.90 bits per heavy atom. The van der Waals surface area contributed by atoms with E-state index in [4.69, 9.17) is 5.11 Å². The highest BCUT2D eigenvalue weighted by molar-refractivity contribution is 8.02. The fourth-order valence-electron chi connectivity index (χ4n) is 1.25. The Morgan fingerprint density at radius 1 is 1.24 bits per heavy atom. The number of aromatic carboxylic acids is 1. The topological polar surface area (TPSA) is 76.0 Å².